The normalized spacial score (nSPS) is 27.2. The van der Waals surface area contributed by atoms with Gasteiger partial charge in [0.05, 0.1) is 0 Å². The molecule has 1 aliphatic rings. The van der Waals surface area contributed by atoms with Crippen LogP contribution in [0.2, 0.25) is 0 Å². The molecule has 18 heavy (non-hydrogen) atoms. The molecule has 2 rings (SSSR count). The summed E-state index contributed by atoms with van der Waals surface area (Å²) < 4.78 is 27.5. The molecule has 1 aromatic carbocycles. The van der Waals surface area contributed by atoms with Gasteiger partial charge in [0.1, 0.15) is 11.6 Å². The van der Waals surface area contributed by atoms with E-state index in [0.29, 0.717) is 12.5 Å². The number of nitrogens with zero attached hydrogens (tertiary/aromatic N) is 1. The van der Waals surface area contributed by atoms with Crippen molar-refractivity contribution in [3.05, 3.63) is 35.4 Å². The molecular weight excluding hydrogens is 234 g/mol. The van der Waals surface area contributed by atoms with E-state index in [1.807, 2.05) is 6.92 Å². The first-order valence-electron chi connectivity index (χ1n) is 6.44. The summed E-state index contributed by atoms with van der Waals surface area (Å²) in [5, 5.41) is 0. The van der Waals surface area contributed by atoms with E-state index in [0.717, 1.165) is 13.0 Å². The first-order chi connectivity index (χ1) is 8.50. The van der Waals surface area contributed by atoms with Crippen LogP contribution in [0.4, 0.5) is 8.78 Å². The number of benzene rings is 1. The fraction of sp³-hybridized carbons (Fsp3) is 0.571. The van der Waals surface area contributed by atoms with E-state index in [-0.39, 0.29) is 17.6 Å². The van der Waals surface area contributed by atoms with E-state index in [1.165, 1.54) is 18.2 Å². The third-order valence-corrected chi connectivity index (χ3v) is 4.01. The average Bonchev–Trinajstić information content (AvgIpc) is 2.32. The SMILES string of the molecule is CC1CCN(C(C)c2c(F)cccc2F)CC1N. The smallest absolute Gasteiger partial charge is 0.130 e. The molecule has 3 atom stereocenters. The summed E-state index contributed by atoms with van der Waals surface area (Å²) in [6.45, 7) is 5.49. The van der Waals surface area contributed by atoms with Crippen LogP contribution in [0.3, 0.4) is 0 Å². The fourth-order valence-corrected chi connectivity index (χ4v) is 2.57. The predicted octanol–water partition coefficient (Wildman–Crippen LogP) is 2.69. The second-order valence-corrected chi connectivity index (χ2v) is 5.24. The van der Waals surface area contributed by atoms with Gasteiger partial charge in [-0.3, -0.25) is 4.90 Å². The number of piperidine rings is 1. The van der Waals surface area contributed by atoms with Gasteiger partial charge in [0.25, 0.3) is 0 Å². The van der Waals surface area contributed by atoms with Crippen molar-refractivity contribution in [2.75, 3.05) is 13.1 Å². The van der Waals surface area contributed by atoms with Gasteiger partial charge in [-0.05, 0) is 37.9 Å². The molecule has 0 aromatic heterocycles. The summed E-state index contributed by atoms with van der Waals surface area (Å²) in [5.41, 5.74) is 6.18. The van der Waals surface area contributed by atoms with Crippen LogP contribution >= 0.6 is 0 Å². The number of hydrogen-bond acceptors (Lipinski definition) is 2. The molecule has 1 aromatic rings. The van der Waals surface area contributed by atoms with Crippen LogP contribution < -0.4 is 5.73 Å². The minimum atomic E-state index is -0.477. The third-order valence-electron chi connectivity index (χ3n) is 4.01. The fourth-order valence-electron chi connectivity index (χ4n) is 2.57. The summed E-state index contributed by atoms with van der Waals surface area (Å²) in [5.74, 6) is -0.483. The van der Waals surface area contributed by atoms with Gasteiger partial charge in [0.15, 0.2) is 0 Å². The molecule has 0 aliphatic carbocycles. The second-order valence-electron chi connectivity index (χ2n) is 5.24. The van der Waals surface area contributed by atoms with Gasteiger partial charge in [-0.25, -0.2) is 8.78 Å². The van der Waals surface area contributed by atoms with Crippen LogP contribution in [0.5, 0.6) is 0 Å². The highest BCUT2D eigenvalue weighted by atomic mass is 19.1. The van der Waals surface area contributed by atoms with Crippen molar-refractivity contribution >= 4 is 0 Å². The van der Waals surface area contributed by atoms with Crippen LogP contribution in [0.15, 0.2) is 18.2 Å². The summed E-state index contributed by atoms with van der Waals surface area (Å²) in [6.07, 6.45) is 0.974. The van der Waals surface area contributed by atoms with E-state index in [2.05, 4.69) is 11.8 Å². The van der Waals surface area contributed by atoms with Crippen molar-refractivity contribution in [3.63, 3.8) is 0 Å². The Morgan fingerprint density at radius 1 is 1.33 bits per heavy atom. The Labute approximate surface area is 107 Å². The minimum Gasteiger partial charge on any atom is -0.326 e. The Balaban J connectivity index is 2.19. The van der Waals surface area contributed by atoms with E-state index in [1.54, 1.807) is 0 Å². The lowest BCUT2D eigenvalue weighted by Crippen LogP contribution is -2.48. The van der Waals surface area contributed by atoms with Crippen molar-refractivity contribution in [3.8, 4) is 0 Å². The maximum Gasteiger partial charge on any atom is 0.130 e. The van der Waals surface area contributed by atoms with Gasteiger partial charge in [0, 0.05) is 24.2 Å². The van der Waals surface area contributed by atoms with E-state index >= 15 is 0 Å². The second kappa shape index (κ2) is 5.33. The third kappa shape index (κ3) is 2.54. The lowest BCUT2D eigenvalue weighted by Gasteiger charge is -2.38. The highest BCUT2D eigenvalue weighted by Crippen LogP contribution is 2.29. The van der Waals surface area contributed by atoms with E-state index in [4.69, 9.17) is 5.73 Å². The van der Waals surface area contributed by atoms with Crippen LogP contribution in [-0.4, -0.2) is 24.0 Å². The largest absolute Gasteiger partial charge is 0.326 e. The predicted molar refractivity (Wildman–Crippen MR) is 68.1 cm³/mol. The summed E-state index contributed by atoms with van der Waals surface area (Å²) in [6, 6.07) is 3.81. The number of halogens is 2. The topological polar surface area (TPSA) is 29.3 Å². The summed E-state index contributed by atoms with van der Waals surface area (Å²) in [7, 11) is 0. The molecule has 3 unspecified atom stereocenters. The average molecular weight is 254 g/mol. The number of nitrogens with two attached hydrogens (primary N) is 1. The minimum absolute atomic E-state index is 0.0797. The Bertz CT molecular complexity index is 402. The van der Waals surface area contributed by atoms with Gasteiger partial charge >= 0.3 is 0 Å². The molecule has 4 heteroatoms. The lowest BCUT2D eigenvalue weighted by atomic mass is 9.92. The highest BCUT2D eigenvalue weighted by Gasteiger charge is 2.29. The number of hydrogen-bond donors (Lipinski definition) is 1. The summed E-state index contributed by atoms with van der Waals surface area (Å²) >= 11 is 0. The highest BCUT2D eigenvalue weighted by molar-refractivity contribution is 5.23. The maximum atomic E-state index is 13.7. The van der Waals surface area contributed by atoms with Crippen molar-refractivity contribution in [1.29, 1.82) is 0 Å². The van der Waals surface area contributed by atoms with Gasteiger partial charge in [-0.1, -0.05) is 13.0 Å². The zero-order valence-corrected chi connectivity index (χ0v) is 10.9. The van der Waals surface area contributed by atoms with Gasteiger partial charge in [-0.15, -0.1) is 0 Å². The molecular formula is C14H20F2N2. The molecule has 0 radical (unpaired) electrons. The molecule has 0 amide bonds. The Hall–Kier alpha value is -1.00. The van der Waals surface area contributed by atoms with Crippen molar-refractivity contribution in [2.24, 2.45) is 11.7 Å². The monoisotopic (exact) mass is 254 g/mol. The molecule has 1 saturated heterocycles. The standard InChI is InChI=1S/C14H20F2N2/c1-9-6-7-18(8-13(9)17)10(2)14-11(15)4-3-5-12(14)16/h3-5,9-10,13H,6-8,17H2,1-2H3. The quantitative estimate of drug-likeness (QED) is 0.879. The molecule has 0 spiro atoms. The summed E-state index contributed by atoms with van der Waals surface area (Å²) in [4.78, 5) is 2.06. The van der Waals surface area contributed by atoms with Crippen molar-refractivity contribution < 1.29 is 8.78 Å². The Kier molecular flexibility index (Phi) is 3.97. The van der Waals surface area contributed by atoms with Gasteiger partial charge in [0.2, 0.25) is 0 Å². The molecule has 0 saturated carbocycles. The zero-order valence-electron chi connectivity index (χ0n) is 10.9. The molecule has 2 N–H and O–H groups in total. The van der Waals surface area contributed by atoms with E-state index < -0.39 is 11.6 Å². The number of likely N-dealkylation sites (tertiary alicyclic amines) is 1. The molecule has 0 bridgehead atoms. The Morgan fingerprint density at radius 3 is 2.50 bits per heavy atom. The van der Waals surface area contributed by atoms with Gasteiger partial charge < -0.3 is 5.73 Å². The molecule has 1 heterocycles. The van der Waals surface area contributed by atoms with Crippen LogP contribution in [0, 0.1) is 17.6 Å². The number of rotatable bonds is 2. The van der Waals surface area contributed by atoms with Crippen molar-refractivity contribution in [1.82, 2.24) is 4.90 Å². The maximum absolute atomic E-state index is 13.7. The van der Waals surface area contributed by atoms with Crippen molar-refractivity contribution in [2.45, 2.75) is 32.4 Å². The molecule has 2 nitrogen and oxygen atoms in total. The first kappa shape index (κ1) is 13.4. The van der Waals surface area contributed by atoms with Crippen LogP contribution in [0.1, 0.15) is 31.9 Å². The van der Waals surface area contributed by atoms with E-state index in [9.17, 15) is 8.78 Å². The van der Waals surface area contributed by atoms with Crippen LogP contribution in [-0.2, 0) is 0 Å². The molecule has 100 valence electrons. The first-order valence-corrected chi connectivity index (χ1v) is 6.44. The Morgan fingerprint density at radius 2 is 1.94 bits per heavy atom. The zero-order chi connectivity index (χ0) is 13.3. The lowest BCUT2D eigenvalue weighted by molar-refractivity contribution is 0.124. The van der Waals surface area contributed by atoms with Gasteiger partial charge in [-0.2, -0.15) is 0 Å². The van der Waals surface area contributed by atoms with Crippen LogP contribution in [0.25, 0.3) is 0 Å². The molecule has 1 fully saturated rings. The molecule has 1 aliphatic heterocycles.